The standard InChI is InChI=1S/C22H27NO3/c1-16(2)18-7-6-8-19(15-18)22(4,5)23-21(24)26-14-13-25-20-11-9-17(3)10-12-20/h6-12,15H,1,13-14H2,2-5H3,(H,23,24). The monoisotopic (exact) mass is 353 g/mol. The maximum Gasteiger partial charge on any atom is 0.407 e. The minimum Gasteiger partial charge on any atom is -0.490 e. The number of carbonyl (C=O) groups excluding carboxylic acids is 1. The van der Waals surface area contributed by atoms with Crippen molar-refractivity contribution in [1.82, 2.24) is 5.32 Å². The maximum absolute atomic E-state index is 12.1. The highest BCUT2D eigenvalue weighted by molar-refractivity contribution is 5.69. The number of hydrogen-bond acceptors (Lipinski definition) is 3. The molecule has 1 amide bonds. The van der Waals surface area contributed by atoms with Gasteiger partial charge in [-0.15, -0.1) is 0 Å². The Bertz CT molecular complexity index is 763. The van der Waals surface area contributed by atoms with Crippen molar-refractivity contribution < 1.29 is 14.3 Å². The van der Waals surface area contributed by atoms with Crippen LogP contribution in [-0.4, -0.2) is 19.3 Å². The smallest absolute Gasteiger partial charge is 0.407 e. The van der Waals surface area contributed by atoms with Gasteiger partial charge in [0.1, 0.15) is 19.0 Å². The fraction of sp³-hybridized carbons (Fsp3) is 0.318. The van der Waals surface area contributed by atoms with Gasteiger partial charge in [-0.3, -0.25) is 0 Å². The molecule has 0 heterocycles. The lowest BCUT2D eigenvalue weighted by Crippen LogP contribution is -2.41. The number of amides is 1. The molecule has 26 heavy (non-hydrogen) atoms. The van der Waals surface area contributed by atoms with Gasteiger partial charge >= 0.3 is 6.09 Å². The summed E-state index contributed by atoms with van der Waals surface area (Å²) in [5.74, 6) is 0.761. The summed E-state index contributed by atoms with van der Waals surface area (Å²) in [6.45, 7) is 12.3. The van der Waals surface area contributed by atoms with Crippen molar-refractivity contribution >= 4 is 11.7 Å². The van der Waals surface area contributed by atoms with Crippen molar-refractivity contribution in [3.8, 4) is 5.75 Å². The van der Waals surface area contributed by atoms with E-state index < -0.39 is 11.6 Å². The van der Waals surface area contributed by atoms with E-state index in [0.717, 1.165) is 22.4 Å². The van der Waals surface area contributed by atoms with Crippen molar-refractivity contribution in [3.05, 3.63) is 71.8 Å². The lowest BCUT2D eigenvalue weighted by atomic mass is 9.92. The van der Waals surface area contributed by atoms with E-state index in [1.807, 2.05) is 76.2 Å². The van der Waals surface area contributed by atoms with E-state index in [9.17, 15) is 4.79 Å². The van der Waals surface area contributed by atoms with Gasteiger partial charge in [0.05, 0.1) is 5.54 Å². The molecule has 2 aromatic rings. The van der Waals surface area contributed by atoms with Crippen molar-refractivity contribution in [3.63, 3.8) is 0 Å². The van der Waals surface area contributed by atoms with Gasteiger partial charge in [-0.25, -0.2) is 4.79 Å². The van der Waals surface area contributed by atoms with E-state index in [1.165, 1.54) is 5.56 Å². The summed E-state index contributed by atoms with van der Waals surface area (Å²) in [4.78, 5) is 12.1. The zero-order chi connectivity index (χ0) is 19.2. The second-order valence-corrected chi connectivity index (χ2v) is 6.91. The first-order chi connectivity index (χ1) is 12.3. The first kappa shape index (κ1) is 19.6. The highest BCUT2D eigenvalue weighted by atomic mass is 16.6. The summed E-state index contributed by atoms with van der Waals surface area (Å²) < 4.78 is 10.8. The van der Waals surface area contributed by atoms with Crippen LogP contribution in [0.15, 0.2) is 55.1 Å². The van der Waals surface area contributed by atoms with Crippen LogP contribution in [0.3, 0.4) is 0 Å². The summed E-state index contributed by atoms with van der Waals surface area (Å²) >= 11 is 0. The molecular weight excluding hydrogens is 326 g/mol. The first-order valence-electron chi connectivity index (χ1n) is 8.69. The topological polar surface area (TPSA) is 47.6 Å². The van der Waals surface area contributed by atoms with Crippen LogP contribution in [-0.2, 0) is 10.3 Å². The number of carbonyl (C=O) groups is 1. The van der Waals surface area contributed by atoms with E-state index in [-0.39, 0.29) is 6.61 Å². The molecule has 0 saturated carbocycles. The van der Waals surface area contributed by atoms with Gasteiger partial charge in [0.15, 0.2) is 0 Å². The largest absolute Gasteiger partial charge is 0.490 e. The molecule has 0 aliphatic carbocycles. The average molecular weight is 353 g/mol. The molecule has 0 aliphatic rings. The number of benzene rings is 2. The zero-order valence-electron chi connectivity index (χ0n) is 16.0. The Labute approximate surface area is 155 Å². The SMILES string of the molecule is C=C(C)c1cccc(C(C)(C)NC(=O)OCCOc2ccc(C)cc2)c1. The Balaban J connectivity index is 1.83. The number of rotatable bonds is 7. The normalized spacial score (nSPS) is 10.9. The van der Waals surface area contributed by atoms with Crippen LogP contribution in [0.25, 0.3) is 5.57 Å². The molecule has 2 aromatic carbocycles. The average Bonchev–Trinajstić information content (AvgIpc) is 2.60. The van der Waals surface area contributed by atoms with Crippen molar-refractivity contribution in [1.29, 1.82) is 0 Å². The third-order valence-electron chi connectivity index (χ3n) is 4.10. The molecule has 0 fully saturated rings. The van der Waals surface area contributed by atoms with Crippen LogP contribution in [0.1, 0.15) is 37.5 Å². The molecule has 0 spiro atoms. The molecule has 0 bridgehead atoms. The van der Waals surface area contributed by atoms with E-state index in [2.05, 4.69) is 11.9 Å². The molecule has 0 unspecified atom stereocenters. The van der Waals surface area contributed by atoms with E-state index >= 15 is 0 Å². The quantitative estimate of drug-likeness (QED) is 0.707. The number of nitrogens with one attached hydrogen (secondary N) is 1. The summed E-state index contributed by atoms with van der Waals surface area (Å²) in [5.41, 5.74) is 3.65. The molecule has 4 nitrogen and oxygen atoms in total. The lowest BCUT2D eigenvalue weighted by molar-refractivity contribution is 0.117. The van der Waals surface area contributed by atoms with Crippen LogP contribution >= 0.6 is 0 Å². The van der Waals surface area contributed by atoms with Gasteiger partial charge in [0.2, 0.25) is 0 Å². The van der Waals surface area contributed by atoms with Crippen molar-refractivity contribution in [2.75, 3.05) is 13.2 Å². The van der Waals surface area contributed by atoms with E-state index in [4.69, 9.17) is 9.47 Å². The second kappa shape index (κ2) is 8.56. The van der Waals surface area contributed by atoms with Gasteiger partial charge in [-0.1, -0.05) is 48.0 Å². The van der Waals surface area contributed by atoms with E-state index in [1.54, 1.807) is 0 Å². The molecule has 0 aliphatic heterocycles. The number of allylic oxidation sites excluding steroid dienone is 1. The van der Waals surface area contributed by atoms with Crippen LogP contribution in [0.4, 0.5) is 4.79 Å². The fourth-order valence-corrected chi connectivity index (χ4v) is 2.47. The Hall–Kier alpha value is -2.75. The summed E-state index contributed by atoms with van der Waals surface area (Å²) in [6.07, 6.45) is -0.469. The van der Waals surface area contributed by atoms with Crippen LogP contribution < -0.4 is 10.1 Å². The summed E-state index contributed by atoms with van der Waals surface area (Å²) in [5, 5.41) is 2.90. The summed E-state index contributed by atoms with van der Waals surface area (Å²) in [6, 6.07) is 15.7. The molecular formula is C22H27NO3. The van der Waals surface area contributed by atoms with Crippen LogP contribution in [0, 0.1) is 6.92 Å². The van der Waals surface area contributed by atoms with Gasteiger partial charge < -0.3 is 14.8 Å². The third kappa shape index (κ3) is 5.66. The minimum atomic E-state index is -0.555. The Morgan fingerprint density at radius 1 is 1.12 bits per heavy atom. The van der Waals surface area contributed by atoms with Gasteiger partial charge in [-0.05, 0) is 57.0 Å². The van der Waals surface area contributed by atoms with E-state index in [0.29, 0.717) is 6.61 Å². The molecule has 1 N–H and O–H groups in total. The predicted molar refractivity (Wildman–Crippen MR) is 105 cm³/mol. The van der Waals surface area contributed by atoms with Crippen molar-refractivity contribution in [2.24, 2.45) is 0 Å². The van der Waals surface area contributed by atoms with Gasteiger partial charge in [-0.2, -0.15) is 0 Å². The second-order valence-electron chi connectivity index (χ2n) is 6.91. The molecule has 138 valence electrons. The first-order valence-corrected chi connectivity index (χ1v) is 8.69. The predicted octanol–water partition coefficient (Wildman–Crippen LogP) is 5.07. The minimum absolute atomic E-state index is 0.182. The number of hydrogen-bond donors (Lipinski definition) is 1. The Kier molecular flexibility index (Phi) is 6.45. The zero-order valence-corrected chi connectivity index (χ0v) is 16.0. The summed E-state index contributed by atoms with van der Waals surface area (Å²) in [7, 11) is 0. The Morgan fingerprint density at radius 3 is 2.46 bits per heavy atom. The van der Waals surface area contributed by atoms with Crippen LogP contribution in [0.2, 0.25) is 0 Å². The fourth-order valence-electron chi connectivity index (χ4n) is 2.47. The molecule has 2 rings (SSSR count). The molecule has 0 saturated heterocycles. The van der Waals surface area contributed by atoms with Gasteiger partial charge in [0.25, 0.3) is 0 Å². The highest BCUT2D eigenvalue weighted by Crippen LogP contribution is 2.23. The highest BCUT2D eigenvalue weighted by Gasteiger charge is 2.23. The number of aryl methyl sites for hydroxylation is 1. The van der Waals surface area contributed by atoms with Crippen molar-refractivity contribution in [2.45, 2.75) is 33.2 Å². The Morgan fingerprint density at radius 2 is 1.81 bits per heavy atom. The van der Waals surface area contributed by atoms with Crippen LogP contribution in [0.5, 0.6) is 5.75 Å². The number of ether oxygens (including phenoxy) is 2. The molecule has 0 radical (unpaired) electrons. The molecule has 4 heteroatoms. The maximum atomic E-state index is 12.1. The van der Waals surface area contributed by atoms with Gasteiger partial charge in [0, 0.05) is 0 Å². The molecule has 0 atom stereocenters. The third-order valence-corrected chi connectivity index (χ3v) is 4.10. The molecule has 0 aromatic heterocycles. The number of alkyl carbamates (subject to hydrolysis) is 1. The lowest BCUT2D eigenvalue weighted by Gasteiger charge is -2.27.